The minimum absolute atomic E-state index is 0.415. The minimum Gasteiger partial charge on any atom is -0.223 e. The van der Waals surface area contributed by atoms with Gasteiger partial charge in [0.2, 0.25) is 5.28 Å². The number of rotatable bonds is 3. The molecular weight excluding hydrogens is 196 g/mol. The molecule has 76 valence electrons. The highest BCUT2D eigenvalue weighted by atomic mass is 35.5. The van der Waals surface area contributed by atoms with Gasteiger partial charge in [-0.2, -0.15) is 0 Å². The summed E-state index contributed by atoms with van der Waals surface area (Å²) >= 11 is 5.89. The average Bonchev–Trinajstić information content (AvgIpc) is 1.99. The van der Waals surface area contributed by atoms with Gasteiger partial charge in [-0.25, -0.2) is 9.97 Å². The first kappa shape index (κ1) is 9.91. The van der Waals surface area contributed by atoms with Gasteiger partial charge in [-0.3, -0.25) is 0 Å². The summed E-state index contributed by atoms with van der Waals surface area (Å²) in [5.41, 5.74) is 2.24. The molecular formula is C11H15ClN2. The van der Waals surface area contributed by atoms with Gasteiger partial charge in [0, 0.05) is 17.3 Å². The molecule has 2 rings (SSSR count). The molecule has 0 N–H and O–H groups in total. The normalized spacial score (nSPS) is 16.7. The van der Waals surface area contributed by atoms with Crippen LogP contribution in [0.1, 0.15) is 49.9 Å². The Hall–Kier alpha value is -0.630. The van der Waals surface area contributed by atoms with Crippen molar-refractivity contribution in [3.63, 3.8) is 0 Å². The molecule has 1 heterocycles. The molecule has 1 aliphatic carbocycles. The summed E-state index contributed by atoms with van der Waals surface area (Å²) in [6, 6.07) is 2.12. The number of nitrogens with zero attached hydrogens (tertiary/aromatic N) is 2. The van der Waals surface area contributed by atoms with Crippen molar-refractivity contribution in [3.05, 3.63) is 22.7 Å². The van der Waals surface area contributed by atoms with E-state index in [0.717, 1.165) is 24.2 Å². The summed E-state index contributed by atoms with van der Waals surface area (Å²) < 4.78 is 0. The van der Waals surface area contributed by atoms with Gasteiger partial charge >= 0.3 is 0 Å². The molecule has 0 aliphatic heterocycles. The van der Waals surface area contributed by atoms with E-state index in [1.54, 1.807) is 0 Å². The van der Waals surface area contributed by atoms with E-state index in [1.165, 1.54) is 19.3 Å². The van der Waals surface area contributed by atoms with E-state index < -0.39 is 0 Å². The Morgan fingerprint density at radius 1 is 1.43 bits per heavy atom. The lowest BCUT2D eigenvalue weighted by Gasteiger charge is -2.24. The van der Waals surface area contributed by atoms with Crippen LogP contribution in [0.4, 0.5) is 0 Å². The topological polar surface area (TPSA) is 25.8 Å². The summed E-state index contributed by atoms with van der Waals surface area (Å²) in [5, 5.41) is 0.415. The van der Waals surface area contributed by atoms with Crippen LogP contribution in [0.5, 0.6) is 0 Å². The monoisotopic (exact) mass is 210 g/mol. The third-order valence-electron chi connectivity index (χ3n) is 2.80. The van der Waals surface area contributed by atoms with E-state index in [1.807, 2.05) is 0 Å². The van der Waals surface area contributed by atoms with Crippen molar-refractivity contribution in [2.75, 3.05) is 0 Å². The lowest BCUT2D eigenvalue weighted by Crippen LogP contribution is -2.11. The maximum absolute atomic E-state index is 5.89. The van der Waals surface area contributed by atoms with Crippen molar-refractivity contribution in [3.8, 4) is 0 Å². The van der Waals surface area contributed by atoms with E-state index >= 15 is 0 Å². The van der Waals surface area contributed by atoms with Crippen molar-refractivity contribution in [1.29, 1.82) is 0 Å². The molecule has 1 aliphatic rings. The molecule has 0 unspecified atom stereocenters. The van der Waals surface area contributed by atoms with Crippen molar-refractivity contribution in [2.24, 2.45) is 0 Å². The molecule has 1 saturated carbocycles. The van der Waals surface area contributed by atoms with Gasteiger partial charge in [-0.15, -0.1) is 0 Å². The summed E-state index contributed by atoms with van der Waals surface area (Å²) in [7, 11) is 0. The summed E-state index contributed by atoms with van der Waals surface area (Å²) in [5.74, 6) is 0.645. The number of aryl methyl sites for hydroxylation is 1. The molecule has 0 radical (unpaired) electrons. The molecule has 1 aromatic rings. The highest BCUT2D eigenvalue weighted by Crippen LogP contribution is 2.35. The van der Waals surface area contributed by atoms with Crippen LogP contribution < -0.4 is 0 Å². The van der Waals surface area contributed by atoms with Crippen molar-refractivity contribution in [2.45, 2.75) is 44.9 Å². The molecule has 0 amide bonds. The van der Waals surface area contributed by atoms with Gasteiger partial charge in [-0.05, 0) is 36.9 Å². The van der Waals surface area contributed by atoms with Crippen LogP contribution in [-0.2, 0) is 6.42 Å². The third-order valence-corrected chi connectivity index (χ3v) is 2.97. The van der Waals surface area contributed by atoms with Crippen LogP contribution in [0, 0.1) is 0 Å². The lowest BCUT2D eigenvalue weighted by molar-refractivity contribution is 0.410. The molecule has 0 bridgehead atoms. The average molecular weight is 211 g/mol. The van der Waals surface area contributed by atoms with Crippen molar-refractivity contribution in [1.82, 2.24) is 9.97 Å². The number of hydrogen-bond donors (Lipinski definition) is 0. The van der Waals surface area contributed by atoms with Crippen LogP contribution in [0.25, 0.3) is 0 Å². The summed E-state index contributed by atoms with van der Waals surface area (Å²) in [6.45, 7) is 2.15. The molecule has 0 atom stereocenters. The second kappa shape index (κ2) is 4.26. The van der Waals surface area contributed by atoms with Crippen molar-refractivity contribution >= 4 is 11.6 Å². The number of aromatic nitrogens is 2. The lowest BCUT2D eigenvalue weighted by atomic mass is 9.82. The van der Waals surface area contributed by atoms with E-state index in [0.29, 0.717) is 11.2 Å². The number of halogens is 1. The van der Waals surface area contributed by atoms with Gasteiger partial charge in [0.05, 0.1) is 0 Å². The molecule has 0 saturated heterocycles. The van der Waals surface area contributed by atoms with Gasteiger partial charge in [0.1, 0.15) is 0 Å². The van der Waals surface area contributed by atoms with E-state index in [9.17, 15) is 0 Å². The standard InChI is InChI=1S/C11H15ClN2/c1-2-4-9-7-10(8-5-3-6-8)14-11(12)13-9/h7-8H,2-6H2,1H3. The molecule has 2 nitrogen and oxygen atoms in total. The van der Waals surface area contributed by atoms with E-state index in [-0.39, 0.29) is 0 Å². The zero-order chi connectivity index (χ0) is 9.97. The van der Waals surface area contributed by atoms with Gasteiger partial charge in [-0.1, -0.05) is 19.8 Å². The van der Waals surface area contributed by atoms with E-state index in [2.05, 4.69) is 23.0 Å². The zero-order valence-corrected chi connectivity index (χ0v) is 9.22. The Bertz CT molecular complexity index is 321. The highest BCUT2D eigenvalue weighted by Gasteiger charge is 2.21. The fraction of sp³-hybridized carbons (Fsp3) is 0.636. The Morgan fingerprint density at radius 2 is 2.21 bits per heavy atom. The number of hydrogen-bond acceptors (Lipinski definition) is 2. The Kier molecular flexibility index (Phi) is 3.02. The predicted molar refractivity (Wildman–Crippen MR) is 57.6 cm³/mol. The first-order valence-electron chi connectivity index (χ1n) is 5.33. The second-order valence-electron chi connectivity index (χ2n) is 3.93. The van der Waals surface area contributed by atoms with Crippen molar-refractivity contribution < 1.29 is 0 Å². The maximum Gasteiger partial charge on any atom is 0.222 e. The SMILES string of the molecule is CCCc1cc(C2CCC2)nc(Cl)n1. The smallest absolute Gasteiger partial charge is 0.222 e. The maximum atomic E-state index is 5.89. The molecule has 1 fully saturated rings. The second-order valence-corrected chi connectivity index (χ2v) is 4.27. The fourth-order valence-electron chi connectivity index (χ4n) is 1.78. The Morgan fingerprint density at radius 3 is 2.79 bits per heavy atom. The van der Waals surface area contributed by atoms with Crippen LogP contribution in [0.3, 0.4) is 0 Å². The Balaban J connectivity index is 2.21. The Labute approximate surface area is 89.7 Å². The molecule has 0 aromatic carbocycles. The van der Waals surface area contributed by atoms with Gasteiger partial charge < -0.3 is 0 Å². The van der Waals surface area contributed by atoms with Crippen LogP contribution >= 0.6 is 11.6 Å². The molecule has 1 aromatic heterocycles. The largest absolute Gasteiger partial charge is 0.223 e. The molecule has 3 heteroatoms. The first-order chi connectivity index (χ1) is 6.79. The zero-order valence-electron chi connectivity index (χ0n) is 8.46. The quantitative estimate of drug-likeness (QED) is 0.716. The third kappa shape index (κ3) is 2.06. The minimum atomic E-state index is 0.415. The van der Waals surface area contributed by atoms with E-state index in [4.69, 9.17) is 11.6 Å². The molecule has 14 heavy (non-hydrogen) atoms. The highest BCUT2D eigenvalue weighted by molar-refractivity contribution is 6.28. The van der Waals surface area contributed by atoms with Gasteiger partial charge in [0.15, 0.2) is 0 Å². The molecule has 0 spiro atoms. The fourth-order valence-corrected chi connectivity index (χ4v) is 1.99. The summed E-state index contributed by atoms with van der Waals surface area (Å²) in [6.07, 6.45) is 5.96. The van der Waals surface area contributed by atoms with Crippen LogP contribution in [0.15, 0.2) is 6.07 Å². The summed E-state index contributed by atoms with van der Waals surface area (Å²) in [4.78, 5) is 8.51. The predicted octanol–water partition coefficient (Wildman–Crippen LogP) is 3.35. The van der Waals surface area contributed by atoms with Crippen LogP contribution in [-0.4, -0.2) is 9.97 Å². The first-order valence-corrected chi connectivity index (χ1v) is 5.70. The van der Waals surface area contributed by atoms with Gasteiger partial charge in [0.25, 0.3) is 0 Å². The van der Waals surface area contributed by atoms with Crippen LogP contribution in [0.2, 0.25) is 5.28 Å².